The van der Waals surface area contributed by atoms with E-state index in [1.54, 1.807) is 63.2 Å². The van der Waals surface area contributed by atoms with Crippen molar-refractivity contribution in [2.24, 2.45) is 0 Å². The fraction of sp³-hybridized carbons (Fsp3) is 0.273. The van der Waals surface area contributed by atoms with Crippen LogP contribution in [-0.4, -0.2) is 31.8 Å². The monoisotopic (exact) mass is 462 g/mol. The van der Waals surface area contributed by atoms with Gasteiger partial charge in [0.2, 0.25) is 0 Å². The van der Waals surface area contributed by atoms with Gasteiger partial charge in [-0.2, -0.15) is 0 Å². The molecule has 7 nitrogen and oxygen atoms in total. The smallest absolute Gasteiger partial charge is 0.308 e. The van der Waals surface area contributed by atoms with E-state index >= 15 is 0 Å². The van der Waals surface area contributed by atoms with Crippen molar-refractivity contribution >= 4 is 28.8 Å². The third-order valence-corrected chi connectivity index (χ3v) is 6.14. The van der Waals surface area contributed by atoms with Gasteiger partial charge in [0.25, 0.3) is 5.91 Å². The number of ether oxygens (including phenoxy) is 3. The van der Waals surface area contributed by atoms with Gasteiger partial charge in [-0.3, -0.25) is 14.2 Å². The topological polar surface area (TPSA) is 78.8 Å². The van der Waals surface area contributed by atoms with E-state index in [9.17, 15) is 9.59 Å². The van der Waals surface area contributed by atoms with Gasteiger partial charge < -0.3 is 19.5 Å². The van der Waals surface area contributed by atoms with Gasteiger partial charge in [-0.05, 0) is 42.8 Å². The molecule has 0 bridgehead atoms. The molecule has 9 heteroatoms. The number of rotatable bonds is 8. The van der Waals surface area contributed by atoms with E-state index in [1.165, 1.54) is 0 Å². The number of nitrogens with zero attached hydrogens (tertiary/aromatic N) is 1. The third-order valence-electron chi connectivity index (χ3n) is 4.82. The maximum Gasteiger partial charge on any atom is 0.308 e. The number of amides is 1. The van der Waals surface area contributed by atoms with Crippen LogP contribution in [0.15, 0.2) is 41.2 Å². The lowest BCUT2D eigenvalue weighted by molar-refractivity contribution is 0.0954. The minimum Gasteiger partial charge on any atom is -0.496 e. The van der Waals surface area contributed by atoms with Gasteiger partial charge in [-0.1, -0.05) is 29.0 Å². The Hall–Kier alpha value is -2.97. The van der Waals surface area contributed by atoms with E-state index in [4.69, 9.17) is 25.8 Å². The van der Waals surface area contributed by atoms with Crippen LogP contribution in [0, 0.1) is 6.92 Å². The van der Waals surface area contributed by atoms with Crippen molar-refractivity contribution in [2.75, 3.05) is 21.3 Å². The number of carbonyl (C=O) groups excluding carboxylic acids is 1. The molecule has 1 amide bonds. The highest BCUT2D eigenvalue weighted by Crippen LogP contribution is 2.28. The van der Waals surface area contributed by atoms with Crippen molar-refractivity contribution in [3.63, 3.8) is 0 Å². The van der Waals surface area contributed by atoms with Crippen molar-refractivity contribution in [3.05, 3.63) is 72.8 Å². The lowest BCUT2D eigenvalue weighted by Crippen LogP contribution is -2.23. The van der Waals surface area contributed by atoms with E-state index < -0.39 is 0 Å². The summed E-state index contributed by atoms with van der Waals surface area (Å²) in [5.74, 6) is 1.50. The van der Waals surface area contributed by atoms with E-state index in [0.29, 0.717) is 32.8 Å². The summed E-state index contributed by atoms with van der Waals surface area (Å²) in [6.45, 7) is 2.29. The first kappa shape index (κ1) is 22.7. The zero-order valence-electron chi connectivity index (χ0n) is 17.7. The first-order chi connectivity index (χ1) is 14.9. The molecule has 0 saturated carbocycles. The summed E-state index contributed by atoms with van der Waals surface area (Å²) in [5.41, 5.74) is 2.19. The van der Waals surface area contributed by atoms with Crippen molar-refractivity contribution in [2.45, 2.75) is 20.0 Å². The zero-order chi connectivity index (χ0) is 22.5. The van der Waals surface area contributed by atoms with E-state index in [2.05, 4.69) is 5.32 Å². The van der Waals surface area contributed by atoms with Gasteiger partial charge in [0.1, 0.15) is 10.6 Å². The molecule has 1 heterocycles. The number of methoxy groups -OCH3 is 3. The zero-order valence-corrected chi connectivity index (χ0v) is 19.2. The summed E-state index contributed by atoms with van der Waals surface area (Å²) in [7, 11) is 4.68. The summed E-state index contributed by atoms with van der Waals surface area (Å²) >= 11 is 7.01. The largest absolute Gasteiger partial charge is 0.496 e. The molecule has 0 aliphatic carbocycles. The number of thiazole rings is 1. The minimum atomic E-state index is -0.314. The van der Waals surface area contributed by atoms with Crippen LogP contribution in [0.4, 0.5) is 0 Å². The van der Waals surface area contributed by atoms with Crippen LogP contribution in [0.5, 0.6) is 17.2 Å². The third kappa shape index (κ3) is 5.03. The predicted molar refractivity (Wildman–Crippen MR) is 121 cm³/mol. The number of hydrogen-bond acceptors (Lipinski definition) is 6. The summed E-state index contributed by atoms with van der Waals surface area (Å²) in [4.78, 5) is 25.5. The number of halogens is 1. The Bertz CT molecular complexity index is 1160. The molecule has 0 aliphatic heterocycles. The fourth-order valence-electron chi connectivity index (χ4n) is 3.16. The Morgan fingerprint density at radius 1 is 1.03 bits per heavy atom. The number of hydrogen-bond donors (Lipinski definition) is 1. The maximum absolute atomic E-state index is 12.8. The average molecular weight is 463 g/mol. The highest BCUT2D eigenvalue weighted by atomic mass is 35.5. The normalized spacial score (nSPS) is 10.6. The Kier molecular flexibility index (Phi) is 7.25. The van der Waals surface area contributed by atoms with Gasteiger partial charge in [0.15, 0.2) is 11.5 Å². The molecule has 1 aromatic heterocycles. The Balaban J connectivity index is 1.78. The molecule has 0 spiro atoms. The molecule has 2 aromatic carbocycles. The molecule has 0 saturated heterocycles. The van der Waals surface area contributed by atoms with Crippen molar-refractivity contribution in [3.8, 4) is 17.2 Å². The molecule has 0 aliphatic rings. The SMILES string of the molecule is COc1ccc(Cl)cc1Cn1c(C)c(C(=O)NCc2ccc(OC)c(OC)c2)sc1=O. The second-order valence-corrected chi connectivity index (χ2v) is 8.09. The number of benzene rings is 2. The van der Waals surface area contributed by atoms with Crippen LogP contribution < -0.4 is 24.4 Å². The predicted octanol–water partition coefficient (Wildman–Crippen LogP) is 3.88. The Morgan fingerprint density at radius 2 is 1.71 bits per heavy atom. The molecule has 3 rings (SSSR count). The van der Waals surface area contributed by atoms with Crippen LogP contribution in [-0.2, 0) is 13.1 Å². The van der Waals surface area contributed by atoms with Gasteiger partial charge in [0, 0.05) is 22.8 Å². The first-order valence-corrected chi connectivity index (χ1v) is 10.6. The molecule has 0 fully saturated rings. The summed E-state index contributed by atoms with van der Waals surface area (Å²) in [5, 5.41) is 3.40. The van der Waals surface area contributed by atoms with Crippen LogP contribution in [0.3, 0.4) is 0 Å². The van der Waals surface area contributed by atoms with Crippen molar-refractivity contribution < 1.29 is 19.0 Å². The number of nitrogens with one attached hydrogen (secondary N) is 1. The highest BCUT2D eigenvalue weighted by Gasteiger charge is 2.19. The van der Waals surface area contributed by atoms with Crippen molar-refractivity contribution in [1.29, 1.82) is 0 Å². The Labute approximate surface area is 189 Å². The first-order valence-electron chi connectivity index (χ1n) is 9.39. The molecule has 1 N–H and O–H groups in total. The number of carbonyl (C=O) groups is 1. The van der Waals surface area contributed by atoms with E-state index in [-0.39, 0.29) is 23.9 Å². The standard InChI is InChI=1S/C22H23ClN2O5S/c1-13-20(21(26)24-11-14-5-7-18(29-3)19(9-14)30-4)31-22(27)25(13)12-15-10-16(23)6-8-17(15)28-2/h5-10H,11-12H2,1-4H3,(H,24,26). The molecule has 31 heavy (non-hydrogen) atoms. The van der Waals surface area contributed by atoms with Crippen LogP contribution in [0.25, 0.3) is 0 Å². The number of aromatic nitrogens is 1. The molecular formula is C22H23ClN2O5S. The molecular weight excluding hydrogens is 440 g/mol. The maximum atomic E-state index is 12.8. The van der Waals surface area contributed by atoms with Gasteiger partial charge in [-0.15, -0.1) is 0 Å². The second kappa shape index (κ2) is 9.89. The average Bonchev–Trinajstić information content (AvgIpc) is 3.05. The highest BCUT2D eigenvalue weighted by molar-refractivity contribution is 7.11. The minimum absolute atomic E-state index is 0.226. The van der Waals surface area contributed by atoms with E-state index in [1.807, 2.05) is 6.07 Å². The molecule has 164 valence electrons. The second-order valence-electron chi connectivity index (χ2n) is 6.70. The quantitative estimate of drug-likeness (QED) is 0.549. The summed E-state index contributed by atoms with van der Waals surface area (Å²) in [6.07, 6.45) is 0. The van der Waals surface area contributed by atoms with Crippen molar-refractivity contribution in [1.82, 2.24) is 9.88 Å². The summed E-state index contributed by atoms with van der Waals surface area (Å²) < 4.78 is 17.4. The molecule has 0 atom stereocenters. The van der Waals surface area contributed by atoms with Crippen LogP contribution in [0.2, 0.25) is 5.02 Å². The lowest BCUT2D eigenvalue weighted by atomic mass is 10.2. The molecule has 0 unspecified atom stereocenters. The Morgan fingerprint density at radius 3 is 2.39 bits per heavy atom. The van der Waals surface area contributed by atoms with E-state index in [0.717, 1.165) is 22.5 Å². The van der Waals surface area contributed by atoms with Gasteiger partial charge >= 0.3 is 4.87 Å². The van der Waals surface area contributed by atoms with Gasteiger partial charge in [0.05, 0.1) is 27.9 Å². The summed E-state index contributed by atoms with van der Waals surface area (Å²) in [6, 6.07) is 10.6. The van der Waals surface area contributed by atoms with Crippen LogP contribution in [0.1, 0.15) is 26.5 Å². The lowest BCUT2D eigenvalue weighted by Gasteiger charge is -2.11. The van der Waals surface area contributed by atoms with Gasteiger partial charge in [-0.25, -0.2) is 0 Å². The van der Waals surface area contributed by atoms with Crippen LogP contribution >= 0.6 is 22.9 Å². The molecule has 0 radical (unpaired) electrons. The fourth-order valence-corrected chi connectivity index (χ4v) is 4.27. The molecule has 3 aromatic rings.